The number of aromatic nitrogens is 1. The highest BCUT2D eigenvalue weighted by molar-refractivity contribution is 6.22. The molecule has 3 aromatic carbocycles. The molecule has 1 unspecified atom stereocenters. The molecular weight excluding hydrogens is 542 g/mol. The van der Waals surface area contributed by atoms with Crippen LogP contribution in [0.15, 0.2) is 72.8 Å². The number of fused-ring (bicyclic) bond motifs is 4. The number of hydrogen-bond acceptors (Lipinski definition) is 5. The molecule has 7 rings (SSSR count). The Morgan fingerprint density at radius 2 is 1.72 bits per heavy atom. The van der Waals surface area contributed by atoms with E-state index in [2.05, 4.69) is 21.3 Å². The van der Waals surface area contributed by atoms with Crippen LogP contribution >= 0.6 is 0 Å². The van der Waals surface area contributed by atoms with Crippen LogP contribution < -0.4 is 10.2 Å². The summed E-state index contributed by atoms with van der Waals surface area (Å²) >= 11 is 0. The van der Waals surface area contributed by atoms with Crippen molar-refractivity contribution >= 4 is 34.4 Å². The number of H-pyrrole nitrogens is 1. The van der Waals surface area contributed by atoms with E-state index in [0.717, 1.165) is 72.6 Å². The van der Waals surface area contributed by atoms with Gasteiger partial charge in [-0.3, -0.25) is 19.4 Å². The van der Waals surface area contributed by atoms with Crippen molar-refractivity contribution in [3.8, 4) is 0 Å². The second-order valence-electron chi connectivity index (χ2n) is 11.6. The third kappa shape index (κ3) is 4.98. The molecule has 4 aromatic rings. The van der Waals surface area contributed by atoms with Gasteiger partial charge in [0.15, 0.2) is 0 Å². The van der Waals surface area contributed by atoms with Gasteiger partial charge in [-0.15, -0.1) is 0 Å². The molecule has 0 saturated carbocycles. The fourth-order valence-corrected chi connectivity index (χ4v) is 6.60. The molecule has 0 bridgehead atoms. The number of carbonyl (C=O) groups is 3. The summed E-state index contributed by atoms with van der Waals surface area (Å²) in [7, 11) is 0. The van der Waals surface area contributed by atoms with Gasteiger partial charge in [-0.1, -0.05) is 48.0 Å². The van der Waals surface area contributed by atoms with Crippen LogP contribution in [0.4, 0.5) is 10.5 Å². The Labute approximate surface area is 250 Å². The van der Waals surface area contributed by atoms with Crippen molar-refractivity contribution in [3.63, 3.8) is 0 Å². The van der Waals surface area contributed by atoms with E-state index in [-0.39, 0.29) is 17.8 Å². The molecule has 0 radical (unpaired) electrons. The molecule has 4 amide bonds. The monoisotopic (exact) mass is 577 g/mol. The largest absolute Gasteiger partial charge is 0.379 e. The molecule has 9 nitrogen and oxygen atoms in total. The highest BCUT2D eigenvalue weighted by Crippen LogP contribution is 2.44. The first-order valence-corrected chi connectivity index (χ1v) is 15.0. The van der Waals surface area contributed by atoms with E-state index in [4.69, 9.17) is 4.74 Å². The van der Waals surface area contributed by atoms with Gasteiger partial charge in [0, 0.05) is 48.2 Å². The Morgan fingerprint density at radius 3 is 2.49 bits per heavy atom. The molecule has 2 N–H and O–H groups in total. The summed E-state index contributed by atoms with van der Waals surface area (Å²) in [6, 6.07) is 21.5. The fraction of sp³-hybridized carbons (Fsp3) is 0.324. The Morgan fingerprint density at radius 1 is 0.977 bits per heavy atom. The van der Waals surface area contributed by atoms with Gasteiger partial charge in [0.05, 0.1) is 18.9 Å². The maximum atomic E-state index is 14.1. The summed E-state index contributed by atoms with van der Waals surface area (Å²) in [5.74, 6) is -0.423. The first kappa shape index (κ1) is 27.4. The van der Waals surface area contributed by atoms with Gasteiger partial charge in [-0.2, -0.15) is 0 Å². The number of para-hydroxylation sites is 1. The molecular formula is C34H35N5O4. The minimum Gasteiger partial charge on any atom is -0.379 e. The van der Waals surface area contributed by atoms with E-state index >= 15 is 0 Å². The van der Waals surface area contributed by atoms with Crippen molar-refractivity contribution in [2.45, 2.75) is 31.8 Å². The van der Waals surface area contributed by atoms with Crippen molar-refractivity contribution in [2.24, 2.45) is 0 Å². The standard InChI is InChI=1S/C34H35N5O4/c1-22-7-9-23(10-8-22)31-30-27(26-5-2-3-6-28(26)36-30)21-29-33(41)38(34(42)39(29)31)25-13-11-24(12-14-25)32(40)35-15-4-16-37-17-19-43-20-18-37/h2-3,5-14,29,31,36H,4,15-21H2,1H3,(H,35,40)/t29-,31?/m0/s1. The number of nitrogens with zero attached hydrogens (tertiary/aromatic N) is 3. The fourth-order valence-electron chi connectivity index (χ4n) is 6.60. The molecule has 43 heavy (non-hydrogen) atoms. The molecule has 2 fully saturated rings. The first-order valence-electron chi connectivity index (χ1n) is 15.0. The number of aryl methyl sites for hydroxylation is 1. The number of rotatable bonds is 7. The van der Waals surface area contributed by atoms with Crippen LogP contribution in [0.1, 0.15) is 45.2 Å². The number of amides is 4. The molecule has 0 spiro atoms. The summed E-state index contributed by atoms with van der Waals surface area (Å²) in [6.07, 6.45) is 1.30. The zero-order chi connectivity index (χ0) is 29.5. The van der Waals surface area contributed by atoms with Crippen LogP contribution in [0.3, 0.4) is 0 Å². The van der Waals surface area contributed by atoms with Gasteiger partial charge >= 0.3 is 6.03 Å². The van der Waals surface area contributed by atoms with Crippen molar-refractivity contribution < 1.29 is 19.1 Å². The summed E-state index contributed by atoms with van der Waals surface area (Å²) < 4.78 is 5.38. The minimum atomic E-state index is -0.625. The normalized spacial score (nSPS) is 20.4. The third-order valence-corrected chi connectivity index (χ3v) is 8.87. The van der Waals surface area contributed by atoms with Crippen LogP contribution in [0.5, 0.6) is 0 Å². The van der Waals surface area contributed by atoms with Gasteiger partial charge in [0.2, 0.25) is 0 Å². The number of morpholine rings is 1. The van der Waals surface area contributed by atoms with Crippen LogP contribution in [-0.2, 0) is 16.0 Å². The molecule has 2 atom stereocenters. The van der Waals surface area contributed by atoms with Crippen LogP contribution in [0, 0.1) is 6.92 Å². The minimum absolute atomic E-state index is 0.171. The summed E-state index contributed by atoms with van der Waals surface area (Å²) in [4.78, 5) is 49.7. The van der Waals surface area contributed by atoms with E-state index in [0.29, 0.717) is 24.2 Å². The summed E-state index contributed by atoms with van der Waals surface area (Å²) in [5, 5.41) is 4.06. The number of anilines is 1. The lowest BCUT2D eigenvalue weighted by Crippen LogP contribution is -2.44. The maximum absolute atomic E-state index is 14.1. The Balaban J connectivity index is 1.11. The predicted octanol–water partition coefficient (Wildman–Crippen LogP) is 4.41. The van der Waals surface area contributed by atoms with Crippen molar-refractivity contribution in [2.75, 3.05) is 44.3 Å². The molecule has 0 aliphatic carbocycles. The van der Waals surface area contributed by atoms with Crippen molar-refractivity contribution in [3.05, 3.63) is 101 Å². The van der Waals surface area contributed by atoms with Crippen molar-refractivity contribution in [1.82, 2.24) is 20.1 Å². The first-order chi connectivity index (χ1) is 21.0. The van der Waals surface area contributed by atoms with Crippen molar-refractivity contribution in [1.29, 1.82) is 0 Å². The molecule has 9 heteroatoms. The quantitative estimate of drug-likeness (QED) is 0.251. The van der Waals surface area contributed by atoms with E-state index < -0.39 is 12.1 Å². The Hall–Kier alpha value is -4.47. The average molecular weight is 578 g/mol. The zero-order valence-electron chi connectivity index (χ0n) is 24.2. The van der Waals surface area contributed by atoms with Gasteiger partial charge in [0.25, 0.3) is 11.8 Å². The highest BCUT2D eigenvalue weighted by Gasteiger charge is 2.53. The zero-order valence-corrected chi connectivity index (χ0v) is 24.2. The van der Waals surface area contributed by atoms with Gasteiger partial charge in [0.1, 0.15) is 12.1 Å². The molecule has 3 aliphatic rings. The lowest BCUT2D eigenvalue weighted by Gasteiger charge is -2.36. The topological polar surface area (TPSA) is 98.0 Å². The average Bonchev–Trinajstić information content (AvgIpc) is 3.53. The number of benzene rings is 3. The van der Waals surface area contributed by atoms with Gasteiger partial charge in [-0.05, 0) is 61.3 Å². The lowest BCUT2D eigenvalue weighted by atomic mass is 9.88. The Kier molecular flexibility index (Phi) is 7.20. The van der Waals surface area contributed by atoms with Gasteiger partial charge in [-0.25, -0.2) is 9.69 Å². The Bertz CT molecular complexity index is 1670. The molecule has 220 valence electrons. The predicted molar refractivity (Wildman–Crippen MR) is 164 cm³/mol. The number of imide groups is 1. The molecule has 4 heterocycles. The molecule has 2 saturated heterocycles. The number of urea groups is 1. The maximum Gasteiger partial charge on any atom is 0.332 e. The van der Waals surface area contributed by atoms with Crippen LogP contribution in [0.2, 0.25) is 0 Å². The lowest BCUT2D eigenvalue weighted by molar-refractivity contribution is -0.120. The smallest absolute Gasteiger partial charge is 0.332 e. The second kappa shape index (κ2) is 11.3. The summed E-state index contributed by atoms with van der Waals surface area (Å²) in [6.45, 7) is 6.90. The number of ether oxygens (including phenoxy) is 1. The summed E-state index contributed by atoms with van der Waals surface area (Å²) in [5.41, 5.74) is 6.05. The molecule has 3 aliphatic heterocycles. The third-order valence-electron chi connectivity index (χ3n) is 8.87. The number of hydrogen-bond donors (Lipinski definition) is 2. The SMILES string of the molecule is Cc1ccc(C2c3[nH]c4ccccc4c3C[C@H]3C(=O)N(c4ccc(C(=O)NCCCN5CCOCC5)cc4)C(=O)N23)cc1. The second-order valence-corrected chi connectivity index (χ2v) is 11.6. The van der Waals surface area contributed by atoms with E-state index in [1.807, 2.05) is 49.4 Å². The number of carbonyl (C=O) groups excluding carboxylic acids is 3. The van der Waals surface area contributed by atoms with Crippen LogP contribution in [0.25, 0.3) is 10.9 Å². The van der Waals surface area contributed by atoms with Gasteiger partial charge < -0.3 is 15.0 Å². The van der Waals surface area contributed by atoms with E-state index in [9.17, 15) is 14.4 Å². The molecule has 1 aromatic heterocycles. The van der Waals surface area contributed by atoms with E-state index in [1.165, 1.54) is 4.90 Å². The number of nitrogens with one attached hydrogen (secondary N) is 2. The van der Waals surface area contributed by atoms with E-state index in [1.54, 1.807) is 29.2 Å². The van der Waals surface area contributed by atoms with Crippen LogP contribution in [-0.4, -0.2) is 78.1 Å². The highest BCUT2D eigenvalue weighted by atomic mass is 16.5. The number of aromatic amines is 1.